The summed E-state index contributed by atoms with van der Waals surface area (Å²) in [5, 5.41) is 19.1. The lowest BCUT2D eigenvalue weighted by atomic mass is 10.0. The monoisotopic (exact) mass is 237 g/mol. The van der Waals surface area contributed by atoms with Gasteiger partial charge in [-0.25, -0.2) is 0 Å². The normalized spacial score (nSPS) is 14.9. The quantitative estimate of drug-likeness (QED) is 0.792. The molecule has 3 nitrogen and oxygen atoms in total. The fourth-order valence-electron chi connectivity index (χ4n) is 1.80. The van der Waals surface area contributed by atoms with E-state index in [9.17, 15) is 5.11 Å². The number of rotatable bonds is 6. The summed E-state index contributed by atoms with van der Waals surface area (Å²) in [7, 11) is 1.96. The Balaban J connectivity index is 2.50. The molecule has 0 spiro atoms. The van der Waals surface area contributed by atoms with Crippen molar-refractivity contribution in [2.75, 3.05) is 20.2 Å². The van der Waals surface area contributed by atoms with E-state index >= 15 is 0 Å². The second kappa shape index (κ2) is 6.74. The van der Waals surface area contributed by atoms with E-state index in [4.69, 9.17) is 5.11 Å². The van der Waals surface area contributed by atoms with Gasteiger partial charge >= 0.3 is 0 Å². The Bertz CT molecular complexity index is 341. The first-order valence-corrected chi connectivity index (χ1v) is 6.11. The van der Waals surface area contributed by atoms with Crippen molar-refractivity contribution in [2.24, 2.45) is 0 Å². The topological polar surface area (TPSA) is 43.7 Å². The molecule has 0 bridgehead atoms. The lowest BCUT2D eigenvalue weighted by Gasteiger charge is -2.24. The molecule has 0 aliphatic rings. The van der Waals surface area contributed by atoms with Crippen LogP contribution in [0.1, 0.15) is 30.6 Å². The van der Waals surface area contributed by atoms with Crippen LogP contribution in [0.25, 0.3) is 0 Å². The highest BCUT2D eigenvalue weighted by Gasteiger charge is 2.13. The molecule has 0 aliphatic heterocycles. The Hall–Kier alpha value is -0.900. The van der Waals surface area contributed by atoms with Crippen molar-refractivity contribution in [2.45, 2.75) is 32.4 Å². The fraction of sp³-hybridized carbons (Fsp3) is 0.571. The second-order valence-electron chi connectivity index (χ2n) is 4.67. The van der Waals surface area contributed by atoms with E-state index in [-0.39, 0.29) is 12.6 Å². The fourth-order valence-corrected chi connectivity index (χ4v) is 1.80. The Morgan fingerprint density at radius 1 is 1.29 bits per heavy atom. The Morgan fingerprint density at radius 2 is 1.94 bits per heavy atom. The Kier molecular flexibility index (Phi) is 5.62. The van der Waals surface area contributed by atoms with Gasteiger partial charge in [-0.3, -0.25) is 0 Å². The van der Waals surface area contributed by atoms with Crippen LogP contribution in [0.15, 0.2) is 24.3 Å². The minimum Gasteiger partial charge on any atom is -0.395 e. The van der Waals surface area contributed by atoms with Gasteiger partial charge in [0.1, 0.15) is 0 Å². The van der Waals surface area contributed by atoms with Crippen LogP contribution in [0.3, 0.4) is 0 Å². The predicted octanol–water partition coefficient (Wildman–Crippen LogP) is 1.73. The molecule has 1 rings (SSSR count). The minimum absolute atomic E-state index is 0.138. The summed E-state index contributed by atoms with van der Waals surface area (Å²) in [6, 6.07) is 8.05. The molecule has 3 heteroatoms. The van der Waals surface area contributed by atoms with Gasteiger partial charge in [0, 0.05) is 12.6 Å². The highest BCUT2D eigenvalue weighted by atomic mass is 16.3. The first-order chi connectivity index (χ1) is 8.06. The van der Waals surface area contributed by atoms with Crippen molar-refractivity contribution in [1.82, 2.24) is 4.90 Å². The van der Waals surface area contributed by atoms with Crippen LogP contribution >= 0.6 is 0 Å². The SMILES string of the molecule is Cc1ccccc1C(O)CCN(C)C(C)CO. The minimum atomic E-state index is -0.426. The van der Waals surface area contributed by atoms with Crippen LogP contribution < -0.4 is 0 Å². The standard InChI is InChI=1S/C14H23NO2/c1-11-6-4-5-7-13(11)14(17)8-9-15(3)12(2)10-16/h4-7,12,14,16-17H,8-10H2,1-3H3. The Morgan fingerprint density at radius 3 is 2.53 bits per heavy atom. The number of nitrogens with zero attached hydrogens (tertiary/aromatic N) is 1. The number of likely N-dealkylation sites (N-methyl/N-ethyl adjacent to an activating group) is 1. The number of hydrogen-bond acceptors (Lipinski definition) is 3. The van der Waals surface area contributed by atoms with Gasteiger partial charge in [-0.15, -0.1) is 0 Å². The molecule has 17 heavy (non-hydrogen) atoms. The molecule has 0 fully saturated rings. The molecule has 0 heterocycles. The highest BCUT2D eigenvalue weighted by molar-refractivity contribution is 5.27. The molecular formula is C14H23NO2. The smallest absolute Gasteiger partial charge is 0.0804 e. The van der Waals surface area contributed by atoms with Crippen molar-refractivity contribution in [3.05, 3.63) is 35.4 Å². The molecule has 0 aromatic heterocycles. The lowest BCUT2D eigenvalue weighted by molar-refractivity contribution is 0.117. The molecule has 0 saturated heterocycles. The maximum Gasteiger partial charge on any atom is 0.0804 e. The molecule has 0 amide bonds. The van der Waals surface area contributed by atoms with Gasteiger partial charge in [0.15, 0.2) is 0 Å². The van der Waals surface area contributed by atoms with Gasteiger partial charge in [0.05, 0.1) is 12.7 Å². The van der Waals surface area contributed by atoms with E-state index in [1.54, 1.807) is 0 Å². The Labute approximate surface area is 104 Å². The van der Waals surface area contributed by atoms with Gasteiger partial charge in [-0.05, 0) is 38.4 Å². The van der Waals surface area contributed by atoms with E-state index in [2.05, 4.69) is 4.90 Å². The first kappa shape index (κ1) is 14.2. The summed E-state index contributed by atoms with van der Waals surface area (Å²) in [5.74, 6) is 0. The van der Waals surface area contributed by atoms with E-state index < -0.39 is 6.10 Å². The number of hydrogen-bond donors (Lipinski definition) is 2. The summed E-state index contributed by atoms with van der Waals surface area (Å²) in [6.45, 7) is 4.91. The number of aliphatic hydroxyl groups excluding tert-OH is 2. The zero-order valence-corrected chi connectivity index (χ0v) is 10.9. The summed E-state index contributed by atoms with van der Waals surface area (Å²) < 4.78 is 0. The van der Waals surface area contributed by atoms with Gasteiger partial charge in [-0.1, -0.05) is 24.3 Å². The molecule has 0 aliphatic carbocycles. The number of aryl methyl sites for hydroxylation is 1. The summed E-state index contributed by atoms with van der Waals surface area (Å²) >= 11 is 0. The van der Waals surface area contributed by atoms with Crippen LogP contribution in [0.2, 0.25) is 0 Å². The first-order valence-electron chi connectivity index (χ1n) is 6.11. The average Bonchev–Trinajstić information content (AvgIpc) is 2.35. The molecule has 2 atom stereocenters. The molecule has 0 radical (unpaired) electrons. The molecule has 96 valence electrons. The van der Waals surface area contributed by atoms with Gasteiger partial charge in [-0.2, -0.15) is 0 Å². The molecule has 2 unspecified atom stereocenters. The van der Waals surface area contributed by atoms with E-state index in [0.717, 1.165) is 17.7 Å². The number of aliphatic hydroxyl groups is 2. The van der Waals surface area contributed by atoms with Crippen molar-refractivity contribution in [3.8, 4) is 0 Å². The molecular weight excluding hydrogens is 214 g/mol. The largest absolute Gasteiger partial charge is 0.395 e. The van der Waals surface area contributed by atoms with E-state index in [1.807, 2.05) is 45.2 Å². The van der Waals surface area contributed by atoms with Crippen LogP contribution in [0.4, 0.5) is 0 Å². The second-order valence-corrected chi connectivity index (χ2v) is 4.67. The summed E-state index contributed by atoms with van der Waals surface area (Å²) in [6.07, 6.45) is 0.260. The third kappa shape index (κ3) is 4.11. The molecule has 1 aromatic carbocycles. The van der Waals surface area contributed by atoms with E-state index in [1.165, 1.54) is 0 Å². The van der Waals surface area contributed by atoms with Gasteiger partial charge < -0.3 is 15.1 Å². The zero-order chi connectivity index (χ0) is 12.8. The van der Waals surface area contributed by atoms with Gasteiger partial charge in [0.25, 0.3) is 0 Å². The third-order valence-electron chi connectivity index (χ3n) is 3.32. The third-order valence-corrected chi connectivity index (χ3v) is 3.32. The molecule has 1 aromatic rings. The van der Waals surface area contributed by atoms with Crippen LogP contribution in [0, 0.1) is 6.92 Å². The maximum atomic E-state index is 10.1. The van der Waals surface area contributed by atoms with Crippen molar-refractivity contribution < 1.29 is 10.2 Å². The maximum absolute atomic E-state index is 10.1. The van der Waals surface area contributed by atoms with Crippen molar-refractivity contribution >= 4 is 0 Å². The van der Waals surface area contributed by atoms with Crippen molar-refractivity contribution in [1.29, 1.82) is 0 Å². The number of benzene rings is 1. The summed E-state index contributed by atoms with van der Waals surface area (Å²) in [4.78, 5) is 2.06. The van der Waals surface area contributed by atoms with Crippen LogP contribution in [0.5, 0.6) is 0 Å². The highest BCUT2D eigenvalue weighted by Crippen LogP contribution is 2.20. The van der Waals surface area contributed by atoms with Crippen LogP contribution in [-0.2, 0) is 0 Å². The zero-order valence-electron chi connectivity index (χ0n) is 10.9. The molecule has 2 N–H and O–H groups in total. The lowest BCUT2D eigenvalue weighted by Crippen LogP contribution is -2.33. The summed E-state index contributed by atoms with van der Waals surface area (Å²) in [5.41, 5.74) is 2.12. The van der Waals surface area contributed by atoms with Crippen LogP contribution in [-0.4, -0.2) is 41.4 Å². The molecule has 0 saturated carbocycles. The van der Waals surface area contributed by atoms with E-state index in [0.29, 0.717) is 6.42 Å². The van der Waals surface area contributed by atoms with Gasteiger partial charge in [0.2, 0.25) is 0 Å². The average molecular weight is 237 g/mol. The predicted molar refractivity (Wildman–Crippen MR) is 69.9 cm³/mol. The van der Waals surface area contributed by atoms with Crippen molar-refractivity contribution in [3.63, 3.8) is 0 Å².